The highest BCUT2D eigenvalue weighted by molar-refractivity contribution is 6.33. The van der Waals surface area contributed by atoms with E-state index in [1.807, 2.05) is 41.9 Å². The van der Waals surface area contributed by atoms with Crippen LogP contribution in [0.2, 0.25) is 10.0 Å². The molecule has 0 unspecified atom stereocenters. The Balaban J connectivity index is 2.27. The first-order valence-corrected chi connectivity index (χ1v) is 7.53. The first-order valence-electron chi connectivity index (χ1n) is 6.77. The normalized spacial score (nSPS) is 10.7. The van der Waals surface area contributed by atoms with Crippen molar-refractivity contribution in [1.29, 1.82) is 0 Å². The Hall–Kier alpha value is -2.03. The quantitative estimate of drug-likeness (QED) is 0.646. The Labute approximate surface area is 138 Å². The molecule has 0 N–H and O–H groups in total. The number of aryl methyl sites for hydroxylation is 1. The summed E-state index contributed by atoms with van der Waals surface area (Å²) in [6.45, 7) is 0. The molecule has 0 bridgehead atoms. The highest BCUT2D eigenvalue weighted by Crippen LogP contribution is 2.27. The van der Waals surface area contributed by atoms with Gasteiger partial charge in [0.15, 0.2) is 5.43 Å². The zero-order chi connectivity index (χ0) is 15.7. The van der Waals surface area contributed by atoms with Gasteiger partial charge in [-0.3, -0.25) is 4.79 Å². The molecule has 3 aromatic rings. The first kappa shape index (κ1) is 14.9. The van der Waals surface area contributed by atoms with Crippen LogP contribution in [0.15, 0.2) is 65.7 Å². The molecule has 1 aromatic heterocycles. The molecule has 0 atom stereocenters. The second-order valence-electron chi connectivity index (χ2n) is 5.07. The van der Waals surface area contributed by atoms with Crippen molar-refractivity contribution in [3.8, 4) is 22.3 Å². The zero-order valence-electron chi connectivity index (χ0n) is 11.9. The average Bonchev–Trinajstić information content (AvgIpc) is 2.50. The topological polar surface area (TPSA) is 22.0 Å². The first-order chi connectivity index (χ1) is 10.6. The van der Waals surface area contributed by atoms with Gasteiger partial charge in [-0.25, -0.2) is 0 Å². The van der Waals surface area contributed by atoms with Crippen LogP contribution in [0.1, 0.15) is 0 Å². The van der Waals surface area contributed by atoms with Gasteiger partial charge >= 0.3 is 0 Å². The highest BCUT2D eigenvalue weighted by atomic mass is 35.5. The highest BCUT2D eigenvalue weighted by Gasteiger charge is 2.13. The molecule has 0 saturated carbocycles. The number of halogens is 2. The van der Waals surface area contributed by atoms with E-state index < -0.39 is 0 Å². The van der Waals surface area contributed by atoms with Crippen LogP contribution in [0, 0.1) is 0 Å². The fraction of sp³-hybridized carbons (Fsp3) is 0.0556. The van der Waals surface area contributed by atoms with Crippen LogP contribution in [-0.2, 0) is 7.05 Å². The van der Waals surface area contributed by atoms with E-state index in [0.717, 1.165) is 11.1 Å². The molecule has 110 valence electrons. The van der Waals surface area contributed by atoms with Crippen molar-refractivity contribution >= 4 is 23.2 Å². The SMILES string of the molecule is Cn1cc(-c2cccc(Cl)c2)c(=O)c(-c2ccccc2Cl)c1. The van der Waals surface area contributed by atoms with Gasteiger partial charge in [-0.1, -0.05) is 53.5 Å². The lowest BCUT2D eigenvalue weighted by molar-refractivity contribution is 0.904. The van der Waals surface area contributed by atoms with Crippen LogP contribution in [0.25, 0.3) is 22.3 Å². The summed E-state index contributed by atoms with van der Waals surface area (Å²) < 4.78 is 1.86. The summed E-state index contributed by atoms with van der Waals surface area (Å²) >= 11 is 12.3. The molecule has 0 fully saturated rings. The van der Waals surface area contributed by atoms with Crippen LogP contribution in [0.4, 0.5) is 0 Å². The van der Waals surface area contributed by atoms with Crippen LogP contribution < -0.4 is 5.43 Å². The predicted octanol–water partition coefficient (Wildman–Crippen LogP) is 5.03. The third kappa shape index (κ3) is 2.80. The maximum atomic E-state index is 12.9. The number of pyridine rings is 1. The molecule has 2 aromatic carbocycles. The smallest absolute Gasteiger partial charge is 0.197 e. The van der Waals surface area contributed by atoms with Gasteiger partial charge in [0.05, 0.1) is 0 Å². The number of benzene rings is 2. The minimum Gasteiger partial charge on any atom is -0.356 e. The summed E-state index contributed by atoms with van der Waals surface area (Å²) in [6.07, 6.45) is 3.59. The molecule has 3 rings (SSSR count). The monoisotopic (exact) mass is 329 g/mol. The fourth-order valence-electron chi connectivity index (χ4n) is 2.44. The molecule has 0 saturated heterocycles. The summed E-state index contributed by atoms with van der Waals surface area (Å²) in [5, 5.41) is 1.16. The molecule has 0 amide bonds. The third-order valence-electron chi connectivity index (χ3n) is 3.45. The van der Waals surface area contributed by atoms with Crippen molar-refractivity contribution in [2.45, 2.75) is 0 Å². The molecule has 0 aliphatic heterocycles. The van der Waals surface area contributed by atoms with Gasteiger partial charge in [0.2, 0.25) is 0 Å². The number of nitrogens with zero attached hydrogens (tertiary/aromatic N) is 1. The van der Waals surface area contributed by atoms with Gasteiger partial charge in [0, 0.05) is 46.2 Å². The van der Waals surface area contributed by atoms with E-state index in [2.05, 4.69) is 0 Å². The van der Waals surface area contributed by atoms with Crippen molar-refractivity contribution in [1.82, 2.24) is 4.57 Å². The fourth-order valence-corrected chi connectivity index (χ4v) is 2.87. The second kappa shape index (κ2) is 5.99. The minimum atomic E-state index is -0.0616. The van der Waals surface area contributed by atoms with E-state index in [-0.39, 0.29) is 5.43 Å². The molecular formula is C18H13Cl2NO. The average molecular weight is 330 g/mol. The molecule has 0 radical (unpaired) electrons. The Morgan fingerprint density at radius 1 is 0.864 bits per heavy atom. The molecule has 4 heteroatoms. The number of aromatic nitrogens is 1. The zero-order valence-corrected chi connectivity index (χ0v) is 13.4. The summed E-state index contributed by atoms with van der Waals surface area (Å²) in [5.74, 6) is 0. The molecule has 0 aliphatic rings. The van der Waals surface area contributed by atoms with Crippen molar-refractivity contribution in [2.75, 3.05) is 0 Å². The number of hydrogen-bond donors (Lipinski definition) is 0. The van der Waals surface area contributed by atoms with Crippen molar-refractivity contribution < 1.29 is 0 Å². The third-order valence-corrected chi connectivity index (χ3v) is 4.02. The Morgan fingerprint density at radius 3 is 2.32 bits per heavy atom. The van der Waals surface area contributed by atoms with Gasteiger partial charge in [-0.05, 0) is 23.8 Å². The number of rotatable bonds is 2. The Morgan fingerprint density at radius 2 is 1.59 bits per heavy atom. The molecule has 0 spiro atoms. The van der Waals surface area contributed by atoms with Gasteiger partial charge in [0.1, 0.15) is 0 Å². The minimum absolute atomic E-state index is 0.0616. The molecule has 0 aliphatic carbocycles. The van der Waals surface area contributed by atoms with Gasteiger partial charge < -0.3 is 4.57 Å². The Bertz CT molecular complexity index is 900. The summed E-state index contributed by atoms with van der Waals surface area (Å²) in [6, 6.07) is 14.6. The van der Waals surface area contributed by atoms with Crippen molar-refractivity contribution in [3.05, 3.63) is 81.2 Å². The lowest BCUT2D eigenvalue weighted by Crippen LogP contribution is -2.11. The molecule has 2 nitrogen and oxygen atoms in total. The largest absolute Gasteiger partial charge is 0.356 e. The lowest BCUT2D eigenvalue weighted by Gasteiger charge is -2.10. The molecular weight excluding hydrogens is 317 g/mol. The van der Waals surface area contributed by atoms with Crippen LogP contribution in [0.5, 0.6) is 0 Å². The van der Waals surface area contributed by atoms with E-state index in [0.29, 0.717) is 21.2 Å². The van der Waals surface area contributed by atoms with E-state index in [4.69, 9.17) is 23.2 Å². The second-order valence-corrected chi connectivity index (χ2v) is 5.91. The van der Waals surface area contributed by atoms with Crippen molar-refractivity contribution in [3.63, 3.8) is 0 Å². The van der Waals surface area contributed by atoms with Gasteiger partial charge in [-0.2, -0.15) is 0 Å². The number of hydrogen-bond acceptors (Lipinski definition) is 1. The molecule has 1 heterocycles. The van der Waals surface area contributed by atoms with Gasteiger partial charge in [0.25, 0.3) is 0 Å². The van der Waals surface area contributed by atoms with E-state index in [1.165, 1.54) is 0 Å². The maximum Gasteiger partial charge on any atom is 0.197 e. The maximum absolute atomic E-state index is 12.9. The molecule has 22 heavy (non-hydrogen) atoms. The summed E-state index contributed by atoms with van der Waals surface area (Å²) in [5.41, 5.74) is 2.64. The summed E-state index contributed by atoms with van der Waals surface area (Å²) in [4.78, 5) is 12.9. The van der Waals surface area contributed by atoms with Gasteiger partial charge in [-0.15, -0.1) is 0 Å². The predicted molar refractivity (Wildman–Crippen MR) is 92.6 cm³/mol. The lowest BCUT2D eigenvalue weighted by atomic mass is 10.0. The van der Waals surface area contributed by atoms with Crippen LogP contribution in [0.3, 0.4) is 0 Å². The summed E-state index contributed by atoms with van der Waals surface area (Å²) in [7, 11) is 1.88. The van der Waals surface area contributed by atoms with Crippen LogP contribution >= 0.6 is 23.2 Å². The standard InChI is InChI=1S/C18H13Cl2NO/c1-21-10-15(12-5-4-6-13(19)9-12)18(22)16(11-21)14-7-2-3-8-17(14)20/h2-11H,1H3. The Kier molecular flexibility index (Phi) is 4.06. The van der Waals surface area contributed by atoms with E-state index in [1.54, 1.807) is 30.6 Å². The van der Waals surface area contributed by atoms with E-state index in [9.17, 15) is 4.79 Å². The van der Waals surface area contributed by atoms with Crippen molar-refractivity contribution in [2.24, 2.45) is 7.05 Å². The van der Waals surface area contributed by atoms with E-state index >= 15 is 0 Å². The van der Waals surface area contributed by atoms with Crippen LogP contribution in [-0.4, -0.2) is 4.57 Å².